The molecule has 0 bridgehead atoms. The molecule has 0 radical (unpaired) electrons. The molecule has 6 heteroatoms. The zero-order valence-corrected chi connectivity index (χ0v) is 13.8. The minimum atomic E-state index is -0.198. The van der Waals surface area contributed by atoms with Crippen molar-refractivity contribution in [3.63, 3.8) is 0 Å². The predicted octanol–water partition coefficient (Wildman–Crippen LogP) is 3.37. The van der Waals surface area contributed by atoms with Crippen LogP contribution in [-0.4, -0.2) is 21.9 Å². The summed E-state index contributed by atoms with van der Waals surface area (Å²) in [6.45, 7) is 3.81. The SMILES string of the molecule is Cc1nn(C)c(CC(N)C(C)Oc2cccc(Cl)c2)c1Cl. The Morgan fingerprint density at radius 1 is 1.38 bits per heavy atom. The van der Waals surface area contributed by atoms with Crippen molar-refractivity contribution in [2.75, 3.05) is 0 Å². The number of rotatable bonds is 5. The lowest BCUT2D eigenvalue weighted by molar-refractivity contribution is 0.188. The minimum absolute atomic E-state index is 0.172. The zero-order chi connectivity index (χ0) is 15.6. The number of hydrogen-bond acceptors (Lipinski definition) is 3. The van der Waals surface area contributed by atoms with Gasteiger partial charge in [0, 0.05) is 24.5 Å². The molecular formula is C15H19Cl2N3O. The molecule has 0 saturated carbocycles. The van der Waals surface area contributed by atoms with Crippen LogP contribution < -0.4 is 10.5 Å². The zero-order valence-electron chi connectivity index (χ0n) is 12.3. The van der Waals surface area contributed by atoms with E-state index in [4.69, 9.17) is 33.7 Å². The first-order valence-corrected chi connectivity index (χ1v) is 7.50. The Kier molecular flexibility index (Phi) is 5.14. The third-order valence-corrected chi connectivity index (χ3v) is 4.14. The van der Waals surface area contributed by atoms with E-state index in [-0.39, 0.29) is 12.1 Å². The Hall–Kier alpha value is -1.23. The molecule has 2 unspecified atom stereocenters. The van der Waals surface area contributed by atoms with E-state index in [1.807, 2.05) is 33.0 Å². The highest BCUT2D eigenvalue weighted by Gasteiger charge is 2.20. The van der Waals surface area contributed by atoms with Crippen molar-refractivity contribution >= 4 is 23.2 Å². The quantitative estimate of drug-likeness (QED) is 0.915. The Labute approximate surface area is 134 Å². The number of ether oxygens (including phenoxy) is 1. The van der Waals surface area contributed by atoms with Gasteiger partial charge in [-0.15, -0.1) is 0 Å². The van der Waals surface area contributed by atoms with E-state index in [1.54, 1.807) is 16.8 Å². The fraction of sp³-hybridized carbons (Fsp3) is 0.400. The molecule has 0 aliphatic rings. The summed E-state index contributed by atoms with van der Waals surface area (Å²) in [5.74, 6) is 0.706. The Balaban J connectivity index is 2.04. The maximum absolute atomic E-state index is 6.25. The van der Waals surface area contributed by atoms with Crippen molar-refractivity contribution in [2.45, 2.75) is 32.4 Å². The first-order valence-electron chi connectivity index (χ1n) is 6.74. The molecule has 2 rings (SSSR count). The fourth-order valence-corrected chi connectivity index (χ4v) is 2.55. The Morgan fingerprint density at radius 3 is 2.67 bits per heavy atom. The van der Waals surface area contributed by atoms with Crippen molar-refractivity contribution in [2.24, 2.45) is 12.8 Å². The van der Waals surface area contributed by atoms with Crippen LogP contribution in [0, 0.1) is 6.92 Å². The molecule has 114 valence electrons. The molecule has 0 aliphatic carbocycles. The third-order valence-electron chi connectivity index (χ3n) is 3.41. The monoisotopic (exact) mass is 327 g/mol. The van der Waals surface area contributed by atoms with Crippen LogP contribution in [0.4, 0.5) is 0 Å². The largest absolute Gasteiger partial charge is 0.489 e. The number of aryl methyl sites for hydroxylation is 2. The van der Waals surface area contributed by atoms with E-state index in [2.05, 4.69) is 5.10 Å². The second-order valence-electron chi connectivity index (χ2n) is 5.12. The fourth-order valence-electron chi connectivity index (χ4n) is 2.13. The standard InChI is InChI=1S/C15H19Cl2N3O/c1-9-15(17)14(20(3)19-9)8-13(18)10(2)21-12-6-4-5-11(16)7-12/h4-7,10,13H,8,18H2,1-3H3. The summed E-state index contributed by atoms with van der Waals surface area (Å²) in [5, 5.41) is 5.60. The van der Waals surface area contributed by atoms with Crippen molar-refractivity contribution in [3.05, 3.63) is 45.7 Å². The van der Waals surface area contributed by atoms with E-state index >= 15 is 0 Å². The van der Waals surface area contributed by atoms with Crippen LogP contribution in [0.2, 0.25) is 10.0 Å². The van der Waals surface area contributed by atoms with Crippen LogP contribution in [-0.2, 0) is 13.5 Å². The molecule has 1 heterocycles. The summed E-state index contributed by atoms with van der Waals surface area (Å²) in [5.41, 5.74) is 7.95. The molecule has 21 heavy (non-hydrogen) atoms. The smallest absolute Gasteiger partial charge is 0.121 e. The average Bonchev–Trinajstić information content (AvgIpc) is 2.65. The van der Waals surface area contributed by atoms with Crippen molar-refractivity contribution in [1.82, 2.24) is 9.78 Å². The maximum Gasteiger partial charge on any atom is 0.121 e. The number of aromatic nitrogens is 2. The van der Waals surface area contributed by atoms with Crippen LogP contribution in [0.5, 0.6) is 5.75 Å². The molecular weight excluding hydrogens is 309 g/mol. The third kappa shape index (κ3) is 3.90. The lowest BCUT2D eigenvalue weighted by atomic mass is 10.1. The van der Waals surface area contributed by atoms with E-state index in [1.165, 1.54) is 0 Å². The minimum Gasteiger partial charge on any atom is -0.489 e. The number of halogens is 2. The highest BCUT2D eigenvalue weighted by atomic mass is 35.5. The molecule has 1 aromatic heterocycles. The van der Waals surface area contributed by atoms with Gasteiger partial charge in [0.2, 0.25) is 0 Å². The van der Waals surface area contributed by atoms with Crippen LogP contribution >= 0.6 is 23.2 Å². The van der Waals surface area contributed by atoms with Gasteiger partial charge in [-0.3, -0.25) is 4.68 Å². The Bertz CT molecular complexity index is 627. The number of benzene rings is 1. The second-order valence-corrected chi connectivity index (χ2v) is 5.93. The first kappa shape index (κ1) is 16.1. The topological polar surface area (TPSA) is 53.1 Å². The van der Waals surface area contributed by atoms with Gasteiger partial charge in [-0.05, 0) is 32.0 Å². The molecule has 2 atom stereocenters. The molecule has 0 saturated heterocycles. The van der Waals surface area contributed by atoms with Crippen molar-refractivity contribution in [3.8, 4) is 5.75 Å². The molecule has 0 fully saturated rings. The number of nitrogens with zero attached hydrogens (tertiary/aromatic N) is 2. The molecule has 0 amide bonds. The van der Waals surface area contributed by atoms with Gasteiger partial charge >= 0.3 is 0 Å². The van der Waals surface area contributed by atoms with Gasteiger partial charge in [0.25, 0.3) is 0 Å². The summed E-state index contributed by atoms with van der Waals surface area (Å²) in [4.78, 5) is 0. The van der Waals surface area contributed by atoms with E-state index in [0.717, 1.165) is 11.4 Å². The molecule has 2 aromatic rings. The van der Waals surface area contributed by atoms with E-state index in [0.29, 0.717) is 22.2 Å². The van der Waals surface area contributed by atoms with Crippen LogP contribution in [0.1, 0.15) is 18.3 Å². The highest BCUT2D eigenvalue weighted by Crippen LogP contribution is 2.23. The maximum atomic E-state index is 6.25. The van der Waals surface area contributed by atoms with Crippen LogP contribution in [0.15, 0.2) is 24.3 Å². The van der Waals surface area contributed by atoms with Gasteiger partial charge in [0.15, 0.2) is 0 Å². The predicted molar refractivity (Wildman–Crippen MR) is 86.2 cm³/mol. The molecule has 2 N–H and O–H groups in total. The first-order chi connectivity index (χ1) is 9.88. The molecule has 1 aromatic carbocycles. The van der Waals surface area contributed by atoms with Gasteiger partial charge in [0.05, 0.1) is 16.4 Å². The summed E-state index contributed by atoms with van der Waals surface area (Å²) >= 11 is 12.2. The summed E-state index contributed by atoms with van der Waals surface area (Å²) in [6.07, 6.45) is 0.424. The molecule has 0 aliphatic heterocycles. The van der Waals surface area contributed by atoms with Crippen LogP contribution in [0.25, 0.3) is 0 Å². The summed E-state index contributed by atoms with van der Waals surface area (Å²) in [7, 11) is 1.86. The lowest BCUT2D eigenvalue weighted by Gasteiger charge is -2.21. The number of hydrogen-bond donors (Lipinski definition) is 1. The lowest BCUT2D eigenvalue weighted by Crippen LogP contribution is -2.39. The van der Waals surface area contributed by atoms with Crippen molar-refractivity contribution < 1.29 is 4.74 Å². The normalized spacial score (nSPS) is 14.0. The van der Waals surface area contributed by atoms with Gasteiger partial charge in [-0.1, -0.05) is 29.3 Å². The summed E-state index contributed by atoms with van der Waals surface area (Å²) < 4.78 is 7.60. The molecule has 4 nitrogen and oxygen atoms in total. The number of nitrogens with two attached hydrogens (primary N) is 1. The van der Waals surface area contributed by atoms with Gasteiger partial charge in [-0.25, -0.2) is 0 Å². The van der Waals surface area contributed by atoms with Crippen LogP contribution in [0.3, 0.4) is 0 Å². The van der Waals surface area contributed by atoms with E-state index in [9.17, 15) is 0 Å². The Morgan fingerprint density at radius 2 is 2.10 bits per heavy atom. The van der Waals surface area contributed by atoms with Gasteiger partial charge in [-0.2, -0.15) is 5.10 Å². The van der Waals surface area contributed by atoms with Gasteiger partial charge < -0.3 is 10.5 Å². The van der Waals surface area contributed by atoms with Crippen molar-refractivity contribution in [1.29, 1.82) is 0 Å². The second kappa shape index (κ2) is 6.69. The highest BCUT2D eigenvalue weighted by molar-refractivity contribution is 6.31. The molecule has 0 spiro atoms. The van der Waals surface area contributed by atoms with Gasteiger partial charge in [0.1, 0.15) is 11.9 Å². The summed E-state index contributed by atoms with van der Waals surface area (Å²) in [6, 6.07) is 7.08. The van der Waals surface area contributed by atoms with E-state index < -0.39 is 0 Å². The average molecular weight is 328 g/mol.